The number of aryl methyl sites for hydroxylation is 1. The molecule has 0 bridgehead atoms. The van der Waals surface area contributed by atoms with Crippen LogP contribution in [-0.2, 0) is 32.3 Å². The Balaban J connectivity index is 2.23. The second-order valence-corrected chi connectivity index (χ2v) is 10.5. The molecule has 0 fully saturated rings. The first-order chi connectivity index (χ1) is 12.5. The second-order valence-electron chi connectivity index (χ2n) is 6.53. The van der Waals surface area contributed by atoms with Crippen molar-refractivity contribution >= 4 is 31.6 Å². The first-order valence-electron chi connectivity index (χ1n) is 8.33. The number of hydrogen-bond acceptors (Lipinski definition) is 4. The fourth-order valence-electron chi connectivity index (χ4n) is 2.59. The molecule has 0 radical (unpaired) electrons. The Kier molecular flexibility index (Phi) is 7.04. The van der Waals surface area contributed by atoms with Crippen molar-refractivity contribution < 1.29 is 16.8 Å². The largest absolute Gasteiger partial charge is 0.241 e. The molecule has 2 N–H and O–H groups in total. The molecule has 0 aliphatic rings. The van der Waals surface area contributed by atoms with Gasteiger partial charge in [0.25, 0.3) is 0 Å². The fraction of sp³-hybridized carbons (Fsp3) is 0.333. The molecule has 0 atom stereocenters. The number of sulfonamides is 2. The van der Waals surface area contributed by atoms with E-state index in [4.69, 9.17) is 11.6 Å². The summed E-state index contributed by atoms with van der Waals surface area (Å²) < 4.78 is 54.7. The van der Waals surface area contributed by atoms with Gasteiger partial charge in [-0.1, -0.05) is 41.9 Å². The summed E-state index contributed by atoms with van der Waals surface area (Å²) in [7, 11) is -7.31. The lowest BCUT2D eigenvalue weighted by atomic mass is 10.1. The average Bonchev–Trinajstić information content (AvgIpc) is 2.54. The van der Waals surface area contributed by atoms with Crippen LogP contribution in [0.25, 0.3) is 0 Å². The predicted molar refractivity (Wildman–Crippen MR) is 108 cm³/mol. The fourth-order valence-corrected chi connectivity index (χ4v) is 5.59. The summed E-state index contributed by atoms with van der Waals surface area (Å²) in [5, 5.41) is 0.326. The van der Waals surface area contributed by atoms with Gasteiger partial charge < -0.3 is 0 Å². The van der Waals surface area contributed by atoms with Crippen molar-refractivity contribution in [3.63, 3.8) is 0 Å². The summed E-state index contributed by atoms with van der Waals surface area (Å²) in [4.78, 5) is 0.0987. The molecule has 0 amide bonds. The van der Waals surface area contributed by atoms with Crippen molar-refractivity contribution in [1.29, 1.82) is 0 Å². The van der Waals surface area contributed by atoms with E-state index in [0.29, 0.717) is 21.7 Å². The van der Waals surface area contributed by atoms with Gasteiger partial charge in [0.05, 0.1) is 10.6 Å². The van der Waals surface area contributed by atoms with Gasteiger partial charge in [0.2, 0.25) is 20.0 Å². The zero-order valence-corrected chi connectivity index (χ0v) is 17.7. The molecule has 0 aliphatic heterocycles. The number of halogens is 1. The molecule has 0 aliphatic carbocycles. The van der Waals surface area contributed by atoms with E-state index in [2.05, 4.69) is 9.44 Å². The van der Waals surface area contributed by atoms with E-state index in [9.17, 15) is 16.8 Å². The van der Waals surface area contributed by atoms with E-state index in [1.807, 2.05) is 0 Å². The highest BCUT2D eigenvalue weighted by molar-refractivity contribution is 7.89. The Morgan fingerprint density at radius 1 is 1.00 bits per heavy atom. The van der Waals surface area contributed by atoms with Crippen LogP contribution in [0.15, 0.2) is 47.4 Å². The first-order valence-corrected chi connectivity index (χ1v) is 11.8. The lowest BCUT2D eigenvalue weighted by Gasteiger charge is -2.14. The number of benzene rings is 2. The van der Waals surface area contributed by atoms with Crippen LogP contribution < -0.4 is 9.44 Å². The molecule has 148 valence electrons. The summed E-state index contributed by atoms with van der Waals surface area (Å²) in [5.74, 6) is -0.223. The third-order valence-corrected chi connectivity index (χ3v) is 7.07. The molecule has 6 nitrogen and oxygen atoms in total. The Morgan fingerprint density at radius 2 is 1.63 bits per heavy atom. The zero-order chi connectivity index (χ0) is 20.2. The molecule has 0 aromatic heterocycles. The highest BCUT2D eigenvalue weighted by Crippen LogP contribution is 2.21. The van der Waals surface area contributed by atoms with Crippen LogP contribution in [-0.4, -0.2) is 22.9 Å². The molecule has 0 spiro atoms. The molecule has 27 heavy (non-hydrogen) atoms. The predicted octanol–water partition coefficient (Wildman–Crippen LogP) is 2.95. The maximum atomic E-state index is 12.6. The highest BCUT2D eigenvalue weighted by atomic mass is 35.5. The van der Waals surface area contributed by atoms with Crippen LogP contribution in [0.2, 0.25) is 5.02 Å². The molecule has 0 saturated heterocycles. The molecule has 2 aromatic carbocycles. The molecule has 0 saturated carbocycles. The van der Waals surface area contributed by atoms with Gasteiger partial charge in [-0.05, 0) is 49.6 Å². The van der Waals surface area contributed by atoms with Gasteiger partial charge in [-0.2, -0.15) is 0 Å². The smallest absolute Gasteiger partial charge is 0.212 e. The Bertz CT molecular complexity index is 1020. The second kappa shape index (κ2) is 8.70. The van der Waals surface area contributed by atoms with E-state index in [0.717, 1.165) is 0 Å². The molecular weight excluding hydrogens is 408 g/mol. The van der Waals surface area contributed by atoms with Crippen molar-refractivity contribution in [3.8, 4) is 0 Å². The number of nitrogens with one attached hydrogen (secondary N) is 2. The van der Waals surface area contributed by atoms with E-state index >= 15 is 0 Å². The first kappa shape index (κ1) is 21.8. The highest BCUT2D eigenvalue weighted by Gasteiger charge is 2.19. The molecular formula is C18H23ClN2O4S2. The minimum absolute atomic E-state index is 0.0261. The monoisotopic (exact) mass is 430 g/mol. The number of rotatable bonds is 8. The molecule has 2 aromatic rings. The average molecular weight is 431 g/mol. The third kappa shape index (κ3) is 6.29. The Morgan fingerprint density at radius 3 is 2.26 bits per heavy atom. The van der Waals surface area contributed by atoms with Crippen molar-refractivity contribution in [3.05, 3.63) is 64.2 Å². The minimum atomic E-state index is -3.79. The van der Waals surface area contributed by atoms with Crippen LogP contribution in [0.3, 0.4) is 0 Å². The standard InChI is InChI=1S/C18H23ClN2O4S2/c1-13(2)21-26(22,23)12-16-7-5-4-6-15(16)11-20-27(24,25)18-10-17(19)9-8-14(18)3/h4-10,13,20-21H,11-12H2,1-3H3. The summed E-state index contributed by atoms with van der Waals surface area (Å²) in [6.45, 7) is 5.14. The van der Waals surface area contributed by atoms with Gasteiger partial charge in [-0.25, -0.2) is 26.3 Å². The van der Waals surface area contributed by atoms with Gasteiger partial charge in [0, 0.05) is 17.6 Å². The van der Waals surface area contributed by atoms with E-state index in [-0.39, 0.29) is 23.2 Å². The summed E-state index contributed by atoms with van der Waals surface area (Å²) >= 11 is 5.91. The zero-order valence-electron chi connectivity index (χ0n) is 15.4. The Labute approximate surface area is 166 Å². The van der Waals surface area contributed by atoms with Crippen molar-refractivity contribution in [1.82, 2.24) is 9.44 Å². The van der Waals surface area contributed by atoms with E-state index in [1.54, 1.807) is 57.2 Å². The minimum Gasteiger partial charge on any atom is -0.212 e. The summed E-state index contributed by atoms with van der Waals surface area (Å²) in [6, 6.07) is 11.3. The lowest BCUT2D eigenvalue weighted by molar-refractivity contribution is 0.568. The number of hydrogen-bond donors (Lipinski definition) is 2. The van der Waals surface area contributed by atoms with Crippen molar-refractivity contribution in [2.24, 2.45) is 0 Å². The van der Waals surface area contributed by atoms with Gasteiger partial charge in [0.1, 0.15) is 0 Å². The topological polar surface area (TPSA) is 92.3 Å². The van der Waals surface area contributed by atoms with Crippen LogP contribution in [0.5, 0.6) is 0 Å². The maximum Gasteiger partial charge on any atom is 0.241 e. The molecule has 0 unspecified atom stereocenters. The van der Waals surface area contributed by atoms with Crippen LogP contribution in [0.1, 0.15) is 30.5 Å². The van der Waals surface area contributed by atoms with Crippen LogP contribution >= 0.6 is 11.6 Å². The molecule has 9 heteroatoms. The van der Waals surface area contributed by atoms with Gasteiger partial charge in [0.15, 0.2) is 0 Å². The van der Waals surface area contributed by atoms with Gasteiger partial charge >= 0.3 is 0 Å². The molecule has 2 rings (SSSR count). The van der Waals surface area contributed by atoms with Gasteiger partial charge in [-0.3, -0.25) is 0 Å². The summed E-state index contributed by atoms with van der Waals surface area (Å²) in [6.07, 6.45) is 0. The summed E-state index contributed by atoms with van der Waals surface area (Å²) in [5.41, 5.74) is 1.70. The quantitative estimate of drug-likeness (QED) is 0.673. The third-order valence-electron chi connectivity index (χ3n) is 3.77. The van der Waals surface area contributed by atoms with Gasteiger partial charge in [-0.15, -0.1) is 0 Å². The van der Waals surface area contributed by atoms with Crippen LogP contribution in [0, 0.1) is 6.92 Å². The van der Waals surface area contributed by atoms with Crippen molar-refractivity contribution in [2.45, 2.75) is 44.0 Å². The lowest BCUT2D eigenvalue weighted by Crippen LogP contribution is -2.32. The van der Waals surface area contributed by atoms with E-state index < -0.39 is 20.0 Å². The van der Waals surface area contributed by atoms with Crippen LogP contribution in [0.4, 0.5) is 0 Å². The Hall–Kier alpha value is -1.45. The van der Waals surface area contributed by atoms with E-state index in [1.165, 1.54) is 6.07 Å². The molecule has 0 heterocycles. The normalized spacial score (nSPS) is 12.5. The SMILES string of the molecule is Cc1ccc(Cl)cc1S(=O)(=O)NCc1ccccc1CS(=O)(=O)NC(C)C. The maximum absolute atomic E-state index is 12.6. The van der Waals surface area contributed by atoms with Crippen molar-refractivity contribution in [2.75, 3.05) is 0 Å².